The molecule has 0 amide bonds. The molecule has 0 aliphatic carbocycles. The molecule has 1 aromatic carbocycles. The summed E-state index contributed by atoms with van der Waals surface area (Å²) >= 11 is 0. The van der Waals surface area contributed by atoms with Gasteiger partial charge in [0.15, 0.2) is 0 Å². The summed E-state index contributed by atoms with van der Waals surface area (Å²) in [5.41, 5.74) is 7.90. The van der Waals surface area contributed by atoms with Crippen LogP contribution in [0.15, 0.2) is 23.0 Å². The third-order valence-corrected chi connectivity index (χ3v) is 3.44. The van der Waals surface area contributed by atoms with Crippen LogP contribution in [0.25, 0.3) is 10.9 Å². The van der Waals surface area contributed by atoms with E-state index in [0.717, 1.165) is 36.3 Å². The molecule has 0 bridgehead atoms. The van der Waals surface area contributed by atoms with Gasteiger partial charge in [-0.3, -0.25) is 9.36 Å². The van der Waals surface area contributed by atoms with E-state index in [1.165, 1.54) is 0 Å². The number of rotatable bonds is 0. The molecule has 4 nitrogen and oxygen atoms in total. The van der Waals surface area contributed by atoms with E-state index >= 15 is 0 Å². The number of hydrogen-bond acceptors (Lipinski definition) is 3. The summed E-state index contributed by atoms with van der Waals surface area (Å²) in [5, 5.41) is 0.697. The first kappa shape index (κ1) is 10.5. The fourth-order valence-corrected chi connectivity index (χ4v) is 2.50. The van der Waals surface area contributed by atoms with Gasteiger partial charge in [0.2, 0.25) is 0 Å². The zero-order valence-corrected chi connectivity index (χ0v) is 9.81. The van der Waals surface area contributed by atoms with Gasteiger partial charge in [0, 0.05) is 6.54 Å². The summed E-state index contributed by atoms with van der Waals surface area (Å²) < 4.78 is 1.73. The molecule has 4 heteroatoms. The van der Waals surface area contributed by atoms with Gasteiger partial charge in [-0.25, -0.2) is 4.98 Å². The third-order valence-electron chi connectivity index (χ3n) is 3.44. The van der Waals surface area contributed by atoms with E-state index in [0.29, 0.717) is 5.39 Å². The minimum absolute atomic E-state index is 0.0452. The Morgan fingerprint density at radius 2 is 2.29 bits per heavy atom. The van der Waals surface area contributed by atoms with Crippen molar-refractivity contribution in [2.45, 2.75) is 32.4 Å². The van der Waals surface area contributed by atoms with Crippen molar-refractivity contribution < 1.29 is 0 Å². The SMILES string of the molecule is Cc1cccc2c(=O)n3c(nc12)[C@H](N)CCC3. The van der Waals surface area contributed by atoms with Crippen molar-refractivity contribution in [2.75, 3.05) is 0 Å². The maximum absolute atomic E-state index is 12.3. The fourth-order valence-electron chi connectivity index (χ4n) is 2.50. The van der Waals surface area contributed by atoms with Gasteiger partial charge in [0.1, 0.15) is 5.82 Å². The van der Waals surface area contributed by atoms with E-state index in [4.69, 9.17) is 5.73 Å². The summed E-state index contributed by atoms with van der Waals surface area (Å²) in [6, 6.07) is 5.60. The van der Waals surface area contributed by atoms with Crippen molar-refractivity contribution in [1.29, 1.82) is 0 Å². The van der Waals surface area contributed by atoms with E-state index in [9.17, 15) is 4.79 Å². The van der Waals surface area contributed by atoms with Crippen molar-refractivity contribution in [1.82, 2.24) is 9.55 Å². The summed E-state index contributed by atoms with van der Waals surface area (Å²) in [7, 11) is 0. The first-order chi connectivity index (χ1) is 8.18. The second-order valence-corrected chi connectivity index (χ2v) is 4.65. The first-order valence-corrected chi connectivity index (χ1v) is 5.94. The van der Waals surface area contributed by atoms with Gasteiger partial charge < -0.3 is 5.73 Å². The lowest BCUT2D eigenvalue weighted by Gasteiger charge is -2.23. The standard InChI is InChI=1S/C13H15N3O/c1-8-4-2-5-9-11(8)15-12-10(14)6-3-7-16(12)13(9)17/h2,4-5,10H,3,6-7,14H2,1H3/t10-/m1/s1. The van der Waals surface area contributed by atoms with Gasteiger partial charge in [0.25, 0.3) is 5.56 Å². The third kappa shape index (κ3) is 1.48. The van der Waals surface area contributed by atoms with Crippen LogP contribution in [0.1, 0.15) is 30.3 Å². The van der Waals surface area contributed by atoms with E-state index in [2.05, 4.69) is 4.98 Å². The molecule has 2 N–H and O–H groups in total. The molecular formula is C13H15N3O. The summed E-state index contributed by atoms with van der Waals surface area (Å²) in [5.74, 6) is 0.739. The van der Waals surface area contributed by atoms with E-state index < -0.39 is 0 Å². The number of nitrogens with zero attached hydrogens (tertiary/aromatic N) is 2. The Balaban J connectivity index is 2.44. The van der Waals surface area contributed by atoms with Crippen LogP contribution in [0.5, 0.6) is 0 Å². The van der Waals surface area contributed by atoms with Crippen molar-refractivity contribution in [3.63, 3.8) is 0 Å². The molecule has 0 saturated heterocycles. The molecule has 2 heterocycles. The molecule has 0 spiro atoms. The van der Waals surface area contributed by atoms with E-state index in [-0.39, 0.29) is 11.6 Å². The largest absolute Gasteiger partial charge is 0.321 e. The molecule has 1 aliphatic rings. The van der Waals surface area contributed by atoms with Crippen LogP contribution in [0.3, 0.4) is 0 Å². The van der Waals surface area contributed by atoms with Crippen LogP contribution in [-0.2, 0) is 6.54 Å². The average molecular weight is 229 g/mol. The van der Waals surface area contributed by atoms with Gasteiger partial charge in [-0.15, -0.1) is 0 Å². The second-order valence-electron chi connectivity index (χ2n) is 4.65. The van der Waals surface area contributed by atoms with Gasteiger partial charge in [-0.2, -0.15) is 0 Å². The molecule has 2 aromatic rings. The molecule has 17 heavy (non-hydrogen) atoms. The summed E-state index contributed by atoms with van der Waals surface area (Å²) in [6.45, 7) is 2.71. The first-order valence-electron chi connectivity index (χ1n) is 5.94. The maximum Gasteiger partial charge on any atom is 0.261 e. The minimum Gasteiger partial charge on any atom is -0.321 e. The highest BCUT2D eigenvalue weighted by molar-refractivity contribution is 5.80. The predicted molar refractivity (Wildman–Crippen MR) is 66.9 cm³/mol. The van der Waals surface area contributed by atoms with Gasteiger partial charge in [-0.05, 0) is 31.4 Å². The Kier molecular flexibility index (Phi) is 2.26. The lowest BCUT2D eigenvalue weighted by Crippen LogP contribution is -2.33. The number of fused-ring (bicyclic) bond motifs is 2. The van der Waals surface area contributed by atoms with Crippen LogP contribution in [0.4, 0.5) is 0 Å². The zero-order valence-electron chi connectivity index (χ0n) is 9.81. The minimum atomic E-state index is -0.111. The van der Waals surface area contributed by atoms with Gasteiger partial charge in [0.05, 0.1) is 16.9 Å². The monoisotopic (exact) mass is 229 g/mol. The molecule has 3 rings (SSSR count). The number of para-hydroxylation sites is 1. The van der Waals surface area contributed by atoms with Crippen molar-refractivity contribution >= 4 is 10.9 Å². The quantitative estimate of drug-likeness (QED) is 0.744. The van der Waals surface area contributed by atoms with Crippen molar-refractivity contribution in [2.24, 2.45) is 5.73 Å². The fraction of sp³-hybridized carbons (Fsp3) is 0.385. The Morgan fingerprint density at radius 1 is 1.47 bits per heavy atom. The molecular weight excluding hydrogens is 214 g/mol. The van der Waals surface area contributed by atoms with Gasteiger partial charge >= 0.3 is 0 Å². The molecule has 0 saturated carbocycles. The second kappa shape index (κ2) is 3.67. The van der Waals surface area contributed by atoms with Crippen molar-refractivity contribution in [3.8, 4) is 0 Å². The lowest BCUT2D eigenvalue weighted by molar-refractivity contribution is 0.435. The van der Waals surface area contributed by atoms with E-state index in [1.807, 2.05) is 25.1 Å². The van der Waals surface area contributed by atoms with Crippen LogP contribution >= 0.6 is 0 Å². The van der Waals surface area contributed by atoms with Crippen LogP contribution < -0.4 is 11.3 Å². The molecule has 1 aliphatic heterocycles. The zero-order chi connectivity index (χ0) is 12.0. The molecule has 0 radical (unpaired) electrons. The number of hydrogen-bond donors (Lipinski definition) is 1. The molecule has 0 fully saturated rings. The van der Waals surface area contributed by atoms with Crippen LogP contribution in [-0.4, -0.2) is 9.55 Å². The number of aryl methyl sites for hydroxylation is 1. The molecule has 1 atom stereocenters. The Labute approximate surface area is 99.1 Å². The number of aromatic nitrogens is 2. The Bertz CT molecular complexity index is 645. The molecule has 1 aromatic heterocycles. The van der Waals surface area contributed by atoms with Crippen LogP contribution in [0.2, 0.25) is 0 Å². The topological polar surface area (TPSA) is 60.9 Å². The Hall–Kier alpha value is -1.68. The smallest absolute Gasteiger partial charge is 0.261 e. The number of benzene rings is 1. The lowest BCUT2D eigenvalue weighted by atomic mass is 10.1. The van der Waals surface area contributed by atoms with Gasteiger partial charge in [-0.1, -0.05) is 12.1 Å². The van der Waals surface area contributed by atoms with E-state index in [1.54, 1.807) is 4.57 Å². The average Bonchev–Trinajstić information content (AvgIpc) is 2.32. The van der Waals surface area contributed by atoms with Crippen molar-refractivity contribution in [3.05, 3.63) is 39.9 Å². The highest BCUT2D eigenvalue weighted by Gasteiger charge is 2.21. The predicted octanol–water partition coefficient (Wildman–Crippen LogP) is 1.50. The summed E-state index contributed by atoms with van der Waals surface area (Å²) in [4.78, 5) is 16.9. The number of nitrogens with two attached hydrogens (primary N) is 1. The highest BCUT2D eigenvalue weighted by atomic mass is 16.1. The molecule has 88 valence electrons. The Morgan fingerprint density at radius 3 is 3.12 bits per heavy atom. The molecule has 0 unspecified atom stereocenters. The highest BCUT2D eigenvalue weighted by Crippen LogP contribution is 2.22. The summed E-state index contributed by atoms with van der Waals surface area (Å²) in [6.07, 6.45) is 1.86. The van der Waals surface area contributed by atoms with Crippen LogP contribution in [0, 0.1) is 6.92 Å². The maximum atomic E-state index is 12.3. The normalized spacial score (nSPS) is 19.3.